The molecule has 0 saturated heterocycles. The fourth-order valence-corrected chi connectivity index (χ4v) is 2.32. The molecule has 76 valence electrons. The van der Waals surface area contributed by atoms with Crippen LogP contribution in [-0.4, -0.2) is 5.78 Å². The highest BCUT2D eigenvalue weighted by Gasteiger charge is 2.14. The number of thiophene rings is 1. The van der Waals surface area contributed by atoms with E-state index in [9.17, 15) is 9.18 Å². The summed E-state index contributed by atoms with van der Waals surface area (Å²) in [5, 5.41) is 2.14. The van der Waals surface area contributed by atoms with Gasteiger partial charge in [-0.15, -0.1) is 11.3 Å². The van der Waals surface area contributed by atoms with E-state index in [1.54, 1.807) is 17.5 Å². The van der Waals surface area contributed by atoms with Crippen LogP contribution in [0.25, 0.3) is 0 Å². The largest absolute Gasteiger partial charge is 0.288 e. The zero-order valence-corrected chi connectivity index (χ0v) is 9.11. The van der Waals surface area contributed by atoms with E-state index in [1.165, 1.54) is 29.5 Å². The number of halogens is 2. The van der Waals surface area contributed by atoms with Gasteiger partial charge >= 0.3 is 0 Å². The molecular weight excluding hydrogens is 235 g/mol. The van der Waals surface area contributed by atoms with Crippen LogP contribution >= 0.6 is 22.9 Å². The molecule has 0 aliphatic heterocycles. The third kappa shape index (κ3) is 2.08. The number of benzene rings is 1. The van der Waals surface area contributed by atoms with Crippen molar-refractivity contribution in [2.45, 2.75) is 0 Å². The summed E-state index contributed by atoms with van der Waals surface area (Å²) in [5.41, 5.74) is 0.319. The van der Waals surface area contributed by atoms with Crippen molar-refractivity contribution in [3.63, 3.8) is 0 Å². The highest BCUT2D eigenvalue weighted by Crippen LogP contribution is 2.25. The fraction of sp³-hybridized carbons (Fsp3) is 0. The first-order valence-electron chi connectivity index (χ1n) is 4.22. The molecule has 0 aliphatic rings. The molecule has 0 aliphatic carbocycles. The van der Waals surface area contributed by atoms with E-state index in [-0.39, 0.29) is 5.78 Å². The molecule has 0 amide bonds. The minimum atomic E-state index is -0.423. The molecule has 0 N–H and O–H groups in total. The Kier molecular flexibility index (Phi) is 2.84. The van der Waals surface area contributed by atoms with Crippen LogP contribution in [0.15, 0.2) is 35.7 Å². The maximum absolute atomic E-state index is 12.9. The van der Waals surface area contributed by atoms with Crippen molar-refractivity contribution in [3.05, 3.63) is 57.0 Å². The van der Waals surface area contributed by atoms with Gasteiger partial charge in [-0.25, -0.2) is 4.39 Å². The zero-order valence-electron chi connectivity index (χ0n) is 7.54. The molecule has 1 aromatic heterocycles. The van der Waals surface area contributed by atoms with Gasteiger partial charge in [0.05, 0.1) is 9.90 Å². The van der Waals surface area contributed by atoms with Crippen LogP contribution < -0.4 is 0 Å². The first-order valence-corrected chi connectivity index (χ1v) is 5.47. The van der Waals surface area contributed by atoms with Gasteiger partial charge in [0, 0.05) is 5.56 Å². The van der Waals surface area contributed by atoms with E-state index < -0.39 is 5.82 Å². The second-order valence-corrected chi connectivity index (χ2v) is 4.26. The predicted octanol–water partition coefficient (Wildman–Crippen LogP) is 3.77. The number of carbonyl (C=O) groups excluding carboxylic acids is 1. The molecule has 0 bridgehead atoms. The molecule has 0 unspecified atom stereocenters. The molecule has 1 nitrogen and oxygen atoms in total. The Hall–Kier alpha value is -1.19. The quantitative estimate of drug-likeness (QED) is 0.731. The zero-order chi connectivity index (χ0) is 10.8. The lowest BCUT2D eigenvalue weighted by molar-refractivity contribution is 0.104. The summed E-state index contributed by atoms with van der Waals surface area (Å²) in [5.74, 6) is -0.664. The second-order valence-electron chi connectivity index (χ2n) is 2.94. The third-order valence-electron chi connectivity index (χ3n) is 1.91. The van der Waals surface area contributed by atoms with Crippen LogP contribution in [-0.2, 0) is 0 Å². The summed E-state index contributed by atoms with van der Waals surface area (Å²) in [6, 6.07) is 7.23. The summed E-state index contributed by atoms with van der Waals surface area (Å²) in [6.45, 7) is 0. The molecule has 0 saturated carbocycles. The fourth-order valence-electron chi connectivity index (χ4n) is 1.22. The molecule has 1 heterocycles. The lowest BCUT2D eigenvalue weighted by Crippen LogP contribution is -1.99. The average Bonchev–Trinajstić information content (AvgIpc) is 2.63. The SMILES string of the molecule is O=C(c1cccc(F)c1)c1sccc1Cl. The van der Waals surface area contributed by atoms with E-state index in [0.717, 1.165) is 0 Å². The summed E-state index contributed by atoms with van der Waals surface area (Å²) in [4.78, 5) is 12.3. The predicted molar refractivity (Wildman–Crippen MR) is 59.2 cm³/mol. The first-order chi connectivity index (χ1) is 7.18. The Morgan fingerprint density at radius 3 is 2.73 bits per heavy atom. The Morgan fingerprint density at radius 1 is 1.33 bits per heavy atom. The van der Waals surface area contributed by atoms with Gasteiger partial charge in [-0.3, -0.25) is 4.79 Å². The lowest BCUT2D eigenvalue weighted by atomic mass is 10.1. The van der Waals surface area contributed by atoms with Gasteiger partial charge < -0.3 is 0 Å². The Balaban J connectivity index is 2.41. The minimum absolute atomic E-state index is 0.241. The summed E-state index contributed by atoms with van der Waals surface area (Å²) in [6.07, 6.45) is 0. The molecule has 0 fully saturated rings. The van der Waals surface area contributed by atoms with E-state index in [4.69, 9.17) is 11.6 Å². The standard InChI is InChI=1S/C11H6ClFOS/c12-9-4-5-15-11(9)10(14)7-2-1-3-8(13)6-7/h1-6H. The van der Waals surface area contributed by atoms with E-state index in [0.29, 0.717) is 15.5 Å². The van der Waals surface area contributed by atoms with Crippen LogP contribution in [0.2, 0.25) is 5.02 Å². The van der Waals surface area contributed by atoms with Gasteiger partial charge in [0.2, 0.25) is 5.78 Å². The van der Waals surface area contributed by atoms with Gasteiger partial charge in [-0.1, -0.05) is 23.7 Å². The maximum Gasteiger partial charge on any atom is 0.204 e. The van der Waals surface area contributed by atoms with Crippen molar-refractivity contribution in [2.24, 2.45) is 0 Å². The average molecular weight is 241 g/mol. The minimum Gasteiger partial charge on any atom is -0.288 e. The number of carbonyl (C=O) groups is 1. The molecule has 4 heteroatoms. The normalized spacial score (nSPS) is 10.3. The van der Waals surface area contributed by atoms with Crippen molar-refractivity contribution < 1.29 is 9.18 Å². The van der Waals surface area contributed by atoms with Gasteiger partial charge in [0.1, 0.15) is 5.82 Å². The topological polar surface area (TPSA) is 17.1 Å². The van der Waals surface area contributed by atoms with Crippen LogP contribution in [0.4, 0.5) is 4.39 Å². The molecular formula is C11H6ClFOS. The molecule has 1 aromatic carbocycles. The smallest absolute Gasteiger partial charge is 0.204 e. The number of hydrogen-bond donors (Lipinski definition) is 0. The van der Waals surface area contributed by atoms with Gasteiger partial charge in [-0.2, -0.15) is 0 Å². The van der Waals surface area contributed by atoms with Crippen molar-refractivity contribution in [3.8, 4) is 0 Å². The third-order valence-corrected chi connectivity index (χ3v) is 3.25. The van der Waals surface area contributed by atoms with Crippen molar-refractivity contribution in [1.82, 2.24) is 0 Å². The van der Waals surface area contributed by atoms with Crippen LogP contribution in [0.3, 0.4) is 0 Å². The van der Waals surface area contributed by atoms with Crippen LogP contribution in [0.1, 0.15) is 15.2 Å². The Bertz CT molecular complexity index is 507. The van der Waals surface area contributed by atoms with E-state index >= 15 is 0 Å². The molecule has 2 aromatic rings. The molecule has 15 heavy (non-hydrogen) atoms. The molecule has 2 rings (SSSR count). The van der Waals surface area contributed by atoms with Crippen LogP contribution in [0.5, 0.6) is 0 Å². The number of rotatable bonds is 2. The molecule has 0 spiro atoms. The summed E-state index contributed by atoms with van der Waals surface area (Å²) >= 11 is 7.07. The summed E-state index contributed by atoms with van der Waals surface area (Å²) in [7, 11) is 0. The first kappa shape index (κ1) is 10.3. The van der Waals surface area contributed by atoms with Crippen molar-refractivity contribution in [1.29, 1.82) is 0 Å². The monoisotopic (exact) mass is 240 g/mol. The van der Waals surface area contributed by atoms with Gasteiger partial charge in [0.15, 0.2) is 0 Å². The van der Waals surface area contributed by atoms with E-state index in [1.807, 2.05) is 0 Å². The van der Waals surface area contributed by atoms with Crippen LogP contribution in [0, 0.1) is 5.82 Å². The number of ketones is 1. The highest BCUT2D eigenvalue weighted by atomic mass is 35.5. The van der Waals surface area contributed by atoms with Gasteiger partial charge in [-0.05, 0) is 23.6 Å². The molecule has 0 radical (unpaired) electrons. The Labute approximate surface area is 95.1 Å². The number of hydrogen-bond acceptors (Lipinski definition) is 2. The second kappa shape index (κ2) is 4.13. The van der Waals surface area contributed by atoms with Crippen molar-refractivity contribution >= 4 is 28.7 Å². The van der Waals surface area contributed by atoms with Gasteiger partial charge in [0.25, 0.3) is 0 Å². The molecule has 0 atom stereocenters. The summed E-state index contributed by atoms with van der Waals surface area (Å²) < 4.78 is 12.9. The maximum atomic E-state index is 12.9. The van der Waals surface area contributed by atoms with Crippen molar-refractivity contribution in [2.75, 3.05) is 0 Å². The highest BCUT2D eigenvalue weighted by molar-refractivity contribution is 7.13. The lowest BCUT2D eigenvalue weighted by Gasteiger charge is -1.98. The van der Waals surface area contributed by atoms with E-state index in [2.05, 4.69) is 0 Å². The Morgan fingerprint density at radius 2 is 2.13 bits per heavy atom.